The summed E-state index contributed by atoms with van der Waals surface area (Å²) in [6.07, 6.45) is 7.03. The van der Waals surface area contributed by atoms with E-state index in [-0.39, 0.29) is 11.7 Å². The number of nitrogens with zero attached hydrogens (tertiary/aromatic N) is 4. The zero-order valence-electron chi connectivity index (χ0n) is 19.4. The van der Waals surface area contributed by atoms with Crippen LogP contribution in [0.1, 0.15) is 72.1 Å². The number of benzene rings is 1. The van der Waals surface area contributed by atoms with Crippen LogP contribution >= 0.6 is 11.3 Å². The van der Waals surface area contributed by atoms with Crippen molar-refractivity contribution in [3.05, 3.63) is 51.9 Å². The molecule has 1 amide bonds. The fourth-order valence-corrected chi connectivity index (χ4v) is 6.12. The van der Waals surface area contributed by atoms with E-state index in [0.717, 1.165) is 48.8 Å². The molecular weight excluding hydrogens is 435 g/mol. The number of carbonyl (C=O) groups excluding carboxylic acids is 1. The minimum Gasteiger partial charge on any atom is -0.352 e. The van der Waals surface area contributed by atoms with Gasteiger partial charge in [-0.3, -0.25) is 4.79 Å². The van der Waals surface area contributed by atoms with E-state index in [2.05, 4.69) is 18.7 Å². The zero-order chi connectivity index (χ0) is 22.9. The van der Waals surface area contributed by atoms with Gasteiger partial charge in [0.05, 0.1) is 5.39 Å². The van der Waals surface area contributed by atoms with Gasteiger partial charge < -0.3 is 9.80 Å². The van der Waals surface area contributed by atoms with E-state index in [4.69, 9.17) is 9.97 Å². The molecule has 1 aromatic carbocycles. The highest BCUT2D eigenvalue weighted by atomic mass is 32.1. The van der Waals surface area contributed by atoms with E-state index in [0.29, 0.717) is 24.6 Å². The van der Waals surface area contributed by atoms with E-state index in [9.17, 15) is 9.18 Å². The molecular formula is C26H31FN4OS. The minimum atomic E-state index is -0.323. The van der Waals surface area contributed by atoms with Crippen LogP contribution in [0.25, 0.3) is 10.2 Å². The minimum absolute atomic E-state index is 0.0350. The second-order valence-electron chi connectivity index (χ2n) is 9.25. The second-order valence-corrected chi connectivity index (χ2v) is 10.3. The molecule has 0 saturated carbocycles. The number of thiophene rings is 1. The molecule has 2 aliphatic rings. The van der Waals surface area contributed by atoms with Crippen molar-refractivity contribution in [2.75, 3.05) is 31.1 Å². The SMILES string of the molecule is CC[C@@H](C)c1nc(N2CCN(C(=O)c3ccc(F)cc3)CC2)c2c3c(sc2n1)CCCCC3. The third-order valence-electron chi connectivity index (χ3n) is 7.07. The van der Waals surface area contributed by atoms with Gasteiger partial charge >= 0.3 is 0 Å². The first-order valence-corrected chi connectivity index (χ1v) is 13.0. The molecule has 7 heteroatoms. The van der Waals surface area contributed by atoms with Crippen molar-refractivity contribution in [2.24, 2.45) is 0 Å². The number of hydrogen-bond acceptors (Lipinski definition) is 5. The number of fused-ring (bicyclic) bond motifs is 3. The molecule has 0 spiro atoms. The lowest BCUT2D eigenvalue weighted by Gasteiger charge is -2.36. The summed E-state index contributed by atoms with van der Waals surface area (Å²) < 4.78 is 13.2. The molecule has 33 heavy (non-hydrogen) atoms. The Labute approximate surface area is 198 Å². The number of hydrogen-bond donors (Lipinski definition) is 0. The number of aromatic nitrogens is 2. The molecule has 3 aromatic rings. The summed E-state index contributed by atoms with van der Waals surface area (Å²) in [7, 11) is 0. The maximum atomic E-state index is 13.2. The van der Waals surface area contributed by atoms with Crippen molar-refractivity contribution >= 4 is 33.3 Å². The van der Waals surface area contributed by atoms with Crippen molar-refractivity contribution in [3.63, 3.8) is 0 Å². The highest BCUT2D eigenvalue weighted by Gasteiger charge is 2.28. The lowest BCUT2D eigenvalue weighted by molar-refractivity contribution is 0.0746. The normalized spacial score (nSPS) is 17.7. The van der Waals surface area contributed by atoms with Gasteiger partial charge in [0.2, 0.25) is 0 Å². The Morgan fingerprint density at radius 3 is 2.52 bits per heavy atom. The van der Waals surface area contributed by atoms with Crippen molar-refractivity contribution in [3.8, 4) is 0 Å². The Hall–Kier alpha value is -2.54. The molecule has 1 aliphatic heterocycles. The van der Waals surface area contributed by atoms with Crippen LogP contribution in [0.2, 0.25) is 0 Å². The summed E-state index contributed by atoms with van der Waals surface area (Å²) in [6.45, 7) is 7.12. The second kappa shape index (κ2) is 9.37. The van der Waals surface area contributed by atoms with Gasteiger partial charge in [-0.15, -0.1) is 11.3 Å². The van der Waals surface area contributed by atoms with Crippen molar-refractivity contribution < 1.29 is 9.18 Å². The fourth-order valence-electron chi connectivity index (χ4n) is 4.86. The molecule has 1 saturated heterocycles. The maximum Gasteiger partial charge on any atom is 0.253 e. The Morgan fingerprint density at radius 2 is 1.79 bits per heavy atom. The predicted octanol–water partition coefficient (Wildman–Crippen LogP) is 5.58. The summed E-state index contributed by atoms with van der Waals surface area (Å²) in [5, 5.41) is 1.25. The van der Waals surface area contributed by atoms with Gasteiger partial charge in [-0.2, -0.15) is 0 Å². The number of piperazine rings is 1. The van der Waals surface area contributed by atoms with E-state index in [1.807, 2.05) is 16.2 Å². The van der Waals surface area contributed by atoms with Crippen molar-refractivity contribution in [2.45, 2.75) is 58.3 Å². The van der Waals surface area contributed by atoms with Gasteiger partial charge in [0, 0.05) is 42.5 Å². The Bertz CT molecular complexity index is 1150. The molecule has 0 radical (unpaired) electrons. The van der Waals surface area contributed by atoms with Gasteiger partial charge in [0.1, 0.15) is 22.3 Å². The van der Waals surface area contributed by atoms with Crippen LogP contribution in [-0.4, -0.2) is 47.0 Å². The lowest BCUT2D eigenvalue weighted by Crippen LogP contribution is -2.49. The standard InChI is InChI=1S/C26H31FN4OS/c1-3-17(2)23-28-24(22-20-7-5-4-6-8-21(20)33-25(22)29-23)30-13-15-31(16-14-30)26(32)18-9-11-19(27)12-10-18/h9-12,17H,3-8,13-16H2,1-2H3/t17-/m1/s1. The first-order valence-electron chi connectivity index (χ1n) is 12.2. The van der Waals surface area contributed by atoms with Crippen LogP contribution < -0.4 is 4.90 Å². The van der Waals surface area contributed by atoms with Crippen LogP contribution in [0, 0.1) is 5.82 Å². The quantitative estimate of drug-likeness (QED) is 0.471. The third kappa shape index (κ3) is 4.35. The number of anilines is 1. The van der Waals surface area contributed by atoms with Crippen LogP contribution in [0.3, 0.4) is 0 Å². The lowest BCUT2D eigenvalue weighted by atomic mass is 10.1. The highest BCUT2D eigenvalue weighted by Crippen LogP contribution is 2.40. The number of amides is 1. The van der Waals surface area contributed by atoms with E-state index < -0.39 is 0 Å². The molecule has 174 valence electrons. The average Bonchev–Trinajstić information content (AvgIpc) is 3.03. The van der Waals surface area contributed by atoms with Crippen LogP contribution in [-0.2, 0) is 12.8 Å². The van der Waals surface area contributed by atoms with Gasteiger partial charge in [-0.05, 0) is 61.9 Å². The first-order chi connectivity index (χ1) is 16.0. The number of aryl methyl sites for hydroxylation is 2. The van der Waals surface area contributed by atoms with Gasteiger partial charge in [-0.25, -0.2) is 14.4 Å². The molecule has 1 fully saturated rings. The van der Waals surface area contributed by atoms with Crippen LogP contribution in [0.15, 0.2) is 24.3 Å². The maximum absolute atomic E-state index is 13.2. The molecule has 2 aromatic heterocycles. The molecule has 1 atom stereocenters. The molecule has 0 unspecified atom stereocenters. The Balaban J connectivity index is 1.44. The fraction of sp³-hybridized carbons (Fsp3) is 0.500. The summed E-state index contributed by atoms with van der Waals surface area (Å²) in [6, 6.07) is 5.83. The summed E-state index contributed by atoms with van der Waals surface area (Å²) in [5.41, 5.74) is 2.00. The molecule has 0 N–H and O–H groups in total. The summed E-state index contributed by atoms with van der Waals surface area (Å²) in [5.74, 6) is 1.95. The Kier molecular flexibility index (Phi) is 6.32. The summed E-state index contributed by atoms with van der Waals surface area (Å²) in [4.78, 5) is 29.9. The molecule has 5 nitrogen and oxygen atoms in total. The smallest absolute Gasteiger partial charge is 0.253 e. The number of rotatable bonds is 4. The van der Waals surface area contributed by atoms with Gasteiger partial charge in [0.25, 0.3) is 5.91 Å². The largest absolute Gasteiger partial charge is 0.352 e. The monoisotopic (exact) mass is 466 g/mol. The number of carbonyl (C=O) groups is 1. The van der Waals surface area contributed by atoms with E-state index in [1.54, 1.807) is 12.1 Å². The third-order valence-corrected chi connectivity index (χ3v) is 8.26. The van der Waals surface area contributed by atoms with Crippen LogP contribution in [0.5, 0.6) is 0 Å². The molecule has 5 rings (SSSR count). The Morgan fingerprint density at radius 1 is 1.06 bits per heavy atom. The van der Waals surface area contributed by atoms with E-state index >= 15 is 0 Å². The average molecular weight is 467 g/mol. The van der Waals surface area contributed by atoms with Crippen molar-refractivity contribution in [1.29, 1.82) is 0 Å². The predicted molar refractivity (Wildman–Crippen MR) is 132 cm³/mol. The van der Waals surface area contributed by atoms with Crippen molar-refractivity contribution in [1.82, 2.24) is 14.9 Å². The van der Waals surface area contributed by atoms with E-state index in [1.165, 1.54) is 47.2 Å². The first kappa shape index (κ1) is 22.3. The molecule has 1 aliphatic carbocycles. The summed E-state index contributed by atoms with van der Waals surface area (Å²) >= 11 is 1.86. The highest BCUT2D eigenvalue weighted by molar-refractivity contribution is 7.19. The molecule has 0 bridgehead atoms. The zero-order valence-corrected chi connectivity index (χ0v) is 20.3. The topological polar surface area (TPSA) is 49.3 Å². The number of halogens is 1. The van der Waals surface area contributed by atoms with Crippen LogP contribution in [0.4, 0.5) is 10.2 Å². The van der Waals surface area contributed by atoms with Gasteiger partial charge in [-0.1, -0.05) is 20.3 Å². The van der Waals surface area contributed by atoms with Gasteiger partial charge in [0.15, 0.2) is 0 Å². The molecule has 3 heterocycles.